The molecule has 4 nitrogen and oxygen atoms in total. The molecule has 0 aromatic carbocycles. The number of carbonyl (C=O) groups is 1. The molecule has 0 aliphatic carbocycles. The predicted octanol–water partition coefficient (Wildman–Crippen LogP) is 2.18. The molecular formula is C13H23NO3. The lowest BCUT2D eigenvalue weighted by molar-refractivity contribution is 0.0269. The van der Waals surface area contributed by atoms with Gasteiger partial charge in [-0.1, -0.05) is 6.08 Å². The largest absolute Gasteiger partial charge is 0.444 e. The first-order valence-corrected chi connectivity index (χ1v) is 6.10. The van der Waals surface area contributed by atoms with Crippen LogP contribution in [0.4, 0.5) is 4.79 Å². The standard InChI is InChI=1S/C13H23NO3/c1-5-6-11(15)10-7-8-14(9-10)12(16)17-13(2,3)4/h5,10-11,15H,1,6-9H2,2-4H3/t10-,11-/m0/s1. The summed E-state index contributed by atoms with van der Waals surface area (Å²) in [7, 11) is 0. The minimum Gasteiger partial charge on any atom is -0.444 e. The van der Waals surface area contributed by atoms with E-state index in [1.807, 2.05) is 20.8 Å². The van der Waals surface area contributed by atoms with E-state index >= 15 is 0 Å². The Bertz CT molecular complexity index is 283. The summed E-state index contributed by atoms with van der Waals surface area (Å²) in [5.41, 5.74) is -0.463. The monoisotopic (exact) mass is 241 g/mol. The number of ether oxygens (including phenoxy) is 1. The van der Waals surface area contributed by atoms with Gasteiger partial charge in [0.1, 0.15) is 5.60 Å². The highest BCUT2D eigenvalue weighted by atomic mass is 16.6. The first-order valence-electron chi connectivity index (χ1n) is 6.10. The summed E-state index contributed by atoms with van der Waals surface area (Å²) >= 11 is 0. The van der Waals surface area contributed by atoms with E-state index in [9.17, 15) is 9.90 Å². The third-order valence-corrected chi connectivity index (χ3v) is 2.83. The maximum Gasteiger partial charge on any atom is 0.410 e. The SMILES string of the molecule is C=CC[C@H](O)[C@H]1CCN(C(=O)OC(C)(C)C)C1. The Morgan fingerprint density at radius 2 is 2.29 bits per heavy atom. The summed E-state index contributed by atoms with van der Waals surface area (Å²) in [4.78, 5) is 13.5. The average Bonchev–Trinajstić information content (AvgIpc) is 2.63. The van der Waals surface area contributed by atoms with Crippen LogP contribution in [0, 0.1) is 5.92 Å². The van der Waals surface area contributed by atoms with E-state index in [0.717, 1.165) is 6.42 Å². The van der Waals surface area contributed by atoms with Crippen molar-refractivity contribution in [3.63, 3.8) is 0 Å². The van der Waals surface area contributed by atoms with E-state index in [2.05, 4.69) is 6.58 Å². The van der Waals surface area contributed by atoms with Crippen molar-refractivity contribution in [1.82, 2.24) is 4.90 Å². The normalized spacial score (nSPS) is 22.4. The quantitative estimate of drug-likeness (QED) is 0.770. The number of aliphatic hydroxyl groups is 1. The zero-order valence-corrected chi connectivity index (χ0v) is 11.0. The van der Waals surface area contributed by atoms with Gasteiger partial charge in [-0.3, -0.25) is 0 Å². The molecule has 0 saturated carbocycles. The Balaban J connectivity index is 2.44. The van der Waals surface area contributed by atoms with Gasteiger partial charge in [0.05, 0.1) is 6.10 Å². The molecule has 0 aromatic rings. The molecule has 98 valence electrons. The number of rotatable bonds is 3. The Labute approximate surface area is 103 Å². The van der Waals surface area contributed by atoms with Crippen molar-refractivity contribution in [2.75, 3.05) is 13.1 Å². The average molecular weight is 241 g/mol. The smallest absolute Gasteiger partial charge is 0.410 e. The van der Waals surface area contributed by atoms with Crippen molar-refractivity contribution in [2.24, 2.45) is 5.92 Å². The highest BCUT2D eigenvalue weighted by molar-refractivity contribution is 5.68. The zero-order valence-electron chi connectivity index (χ0n) is 11.0. The van der Waals surface area contributed by atoms with Crippen LogP contribution in [0.15, 0.2) is 12.7 Å². The molecule has 4 heteroatoms. The van der Waals surface area contributed by atoms with Gasteiger partial charge in [0.25, 0.3) is 0 Å². The van der Waals surface area contributed by atoms with Gasteiger partial charge in [0.2, 0.25) is 0 Å². The fourth-order valence-corrected chi connectivity index (χ4v) is 1.96. The first-order chi connectivity index (χ1) is 7.83. The second-order valence-corrected chi connectivity index (χ2v) is 5.57. The molecule has 17 heavy (non-hydrogen) atoms. The van der Waals surface area contributed by atoms with Crippen molar-refractivity contribution >= 4 is 6.09 Å². The lowest BCUT2D eigenvalue weighted by Gasteiger charge is -2.24. The minimum atomic E-state index is -0.463. The predicted molar refractivity (Wildman–Crippen MR) is 66.7 cm³/mol. The first kappa shape index (κ1) is 14.0. The lowest BCUT2D eigenvalue weighted by Crippen LogP contribution is -2.36. The molecular weight excluding hydrogens is 218 g/mol. The summed E-state index contributed by atoms with van der Waals surface area (Å²) in [5.74, 6) is 0.139. The number of hydrogen-bond donors (Lipinski definition) is 1. The Kier molecular flexibility index (Phi) is 4.57. The summed E-state index contributed by atoms with van der Waals surface area (Å²) < 4.78 is 5.29. The lowest BCUT2D eigenvalue weighted by atomic mass is 9.99. The van der Waals surface area contributed by atoms with Crippen LogP contribution >= 0.6 is 0 Å². The topological polar surface area (TPSA) is 49.8 Å². The molecule has 0 spiro atoms. The van der Waals surface area contributed by atoms with Crippen molar-refractivity contribution in [3.8, 4) is 0 Å². The molecule has 1 aliphatic rings. The number of aliphatic hydroxyl groups excluding tert-OH is 1. The molecule has 1 amide bonds. The molecule has 0 unspecified atom stereocenters. The van der Waals surface area contributed by atoms with Crippen LogP contribution in [0.5, 0.6) is 0 Å². The van der Waals surface area contributed by atoms with E-state index in [4.69, 9.17) is 4.74 Å². The maximum absolute atomic E-state index is 11.8. The van der Waals surface area contributed by atoms with Crippen LogP contribution in [0.1, 0.15) is 33.6 Å². The van der Waals surface area contributed by atoms with Crippen LogP contribution in [-0.4, -0.2) is 40.9 Å². The number of amides is 1. The van der Waals surface area contributed by atoms with E-state index < -0.39 is 11.7 Å². The molecule has 1 rings (SSSR count). The van der Waals surface area contributed by atoms with Gasteiger partial charge in [-0.25, -0.2) is 4.79 Å². The highest BCUT2D eigenvalue weighted by Gasteiger charge is 2.32. The number of hydrogen-bond acceptors (Lipinski definition) is 3. The molecule has 1 N–H and O–H groups in total. The van der Waals surface area contributed by atoms with Gasteiger partial charge in [-0.2, -0.15) is 0 Å². The number of nitrogens with zero attached hydrogens (tertiary/aromatic N) is 1. The van der Waals surface area contributed by atoms with E-state index in [-0.39, 0.29) is 12.0 Å². The molecule has 1 heterocycles. The second-order valence-electron chi connectivity index (χ2n) is 5.57. The molecule has 0 bridgehead atoms. The second kappa shape index (κ2) is 5.54. The minimum absolute atomic E-state index is 0.139. The summed E-state index contributed by atoms with van der Waals surface area (Å²) in [5, 5.41) is 9.83. The van der Waals surface area contributed by atoms with Crippen molar-refractivity contribution in [2.45, 2.75) is 45.3 Å². The van der Waals surface area contributed by atoms with E-state index in [1.54, 1.807) is 11.0 Å². The maximum atomic E-state index is 11.8. The Hall–Kier alpha value is -1.03. The summed E-state index contributed by atoms with van der Waals surface area (Å²) in [6.07, 6.45) is 2.42. The van der Waals surface area contributed by atoms with Gasteiger partial charge in [-0.15, -0.1) is 6.58 Å². The van der Waals surface area contributed by atoms with Gasteiger partial charge in [0, 0.05) is 19.0 Å². The molecule has 1 saturated heterocycles. The van der Waals surface area contributed by atoms with Gasteiger partial charge in [0.15, 0.2) is 0 Å². The van der Waals surface area contributed by atoms with Crippen molar-refractivity contribution < 1.29 is 14.6 Å². The third kappa shape index (κ3) is 4.38. The van der Waals surface area contributed by atoms with Gasteiger partial charge in [-0.05, 0) is 33.6 Å². The molecule has 1 aliphatic heterocycles. The Morgan fingerprint density at radius 1 is 1.65 bits per heavy atom. The van der Waals surface area contributed by atoms with E-state index in [1.165, 1.54) is 0 Å². The zero-order chi connectivity index (χ0) is 13.1. The van der Waals surface area contributed by atoms with Gasteiger partial charge < -0.3 is 14.7 Å². The van der Waals surface area contributed by atoms with Crippen LogP contribution in [0.3, 0.4) is 0 Å². The summed E-state index contributed by atoms with van der Waals surface area (Å²) in [6.45, 7) is 10.4. The molecule has 1 fully saturated rings. The number of likely N-dealkylation sites (tertiary alicyclic amines) is 1. The van der Waals surface area contributed by atoms with Crippen LogP contribution in [0.2, 0.25) is 0 Å². The fraction of sp³-hybridized carbons (Fsp3) is 0.769. The van der Waals surface area contributed by atoms with Crippen molar-refractivity contribution in [1.29, 1.82) is 0 Å². The fourth-order valence-electron chi connectivity index (χ4n) is 1.96. The highest BCUT2D eigenvalue weighted by Crippen LogP contribution is 2.23. The molecule has 0 aromatic heterocycles. The third-order valence-electron chi connectivity index (χ3n) is 2.83. The van der Waals surface area contributed by atoms with Crippen LogP contribution in [0.25, 0.3) is 0 Å². The van der Waals surface area contributed by atoms with Crippen LogP contribution < -0.4 is 0 Å². The molecule has 0 radical (unpaired) electrons. The Morgan fingerprint density at radius 3 is 2.82 bits per heavy atom. The van der Waals surface area contributed by atoms with Gasteiger partial charge >= 0.3 is 6.09 Å². The number of carbonyl (C=O) groups excluding carboxylic acids is 1. The molecule has 2 atom stereocenters. The van der Waals surface area contributed by atoms with Crippen molar-refractivity contribution in [3.05, 3.63) is 12.7 Å². The van der Waals surface area contributed by atoms with Crippen LogP contribution in [-0.2, 0) is 4.74 Å². The summed E-state index contributed by atoms with van der Waals surface area (Å²) in [6, 6.07) is 0. The van der Waals surface area contributed by atoms with E-state index in [0.29, 0.717) is 19.5 Å².